The highest BCUT2D eigenvalue weighted by Crippen LogP contribution is 2.34. The summed E-state index contributed by atoms with van der Waals surface area (Å²) in [5, 5.41) is 0. The van der Waals surface area contributed by atoms with Gasteiger partial charge in [0, 0.05) is 19.2 Å². The van der Waals surface area contributed by atoms with E-state index in [-0.39, 0.29) is 16.8 Å². The molecule has 0 spiro atoms. The number of fused-ring (bicyclic) bond motifs is 1. The number of hydrogen-bond acceptors (Lipinski definition) is 3. The fourth-order valence-corrected chi connectivity index (χ4v) is 4.80. The van der Waals surface area contributed by atoms with Crippen molar-refractivity contribution in [3.05, 3.63) is 64.7 Å². The van der Waals surface area contributed by atoms with Crippen LogP contribution in [0.3, 0.4) is 0 Å². The largest absolute Gasteiger partial charge is 0.335 e. The van der Waals surface area contributed by atoms with E-state index in [1.807, 2.05) is 19.1 Å². The van der Waals surface area contributed by atoms with Gasteiger partial charge in [-0.25, -0.2) is 13.1 Å². The van der Waals surface area contributed by atoms with Crippen LogP contribution in [0.4, 0.5) is 0 Å². The van der Waals surface area contributed by atoms with Gasteiger partial charge in [-0.2, -0.15) is 0 Å². The number of rotatable bonds is 5. The van der Waals surface area contributed by atoms with Crippen LogP contribution in [0.15, 0.2) is 47.4 Å². The van der Waals surface area contributed by atoms with Gasteiger partial charge in [0.2, 0.25) is 10.0 Å². The molecule has 1 amide bonds. The Morgan fingerprint density at radius 2 is 1.96 bits per heavy atom. The Morgan fingerprint density at radius 1 is 1.22 bits per heavy atom. The minimum absolute atomic E-state index is 0.0101. The van der Waals surface area contributed by atoms with Crippen molar-refractivity contribution < 1.29 is 13.2 Å². The predicted octanol–water partition coefficient (Wildman–Crippen LogP) is 3.44. The molecule has 0 aliphatic heterocycles. The van der Waals surface area contributed by atoms with Crippen LogP contribution in [0.5, 0.6) is 0 Å². The maximum absolute atomic E-state index is 13.2. The van der Waals surface area contributed by atoms with Gasteiger partial charge in [0.1, 0.15) is 0 Å². The average molecular weight is 387 g/mol. The molecular weight excluding hydrogens is 360 g/mol. The van der Waals surface area contributed by atoms with Crippen LogP contribution in [0.2, 0.25) is 0 Å². The maximum Gasteiger partial charge on any atom is 0.254 e. The SMILES string of the molecule is CCNS(=O)(=O)c1ccc(C)c(C(=O)N(C)C2CCCc3ccccc32)c1. The minimum Gasteiger partial charge on any atom is -0.335 e. The summed E-state index contributed by atoms with van der Waals surface area (Å²) in [4.78, 5) is 15.1. The highest BCUT2D eigenvalue weighted by molar-refractivity contribution is 7.89. The number of carbonyl (C=O) groups excluding carboxylic acids is 1. The zero-order valence-electron chi connectivity index (χ0n) is 16.0. The van der Waals surface area contributed by atoms with Crippen LogP contribution in [-0.2, 0) is 16.4 Å². The van der Waals surface area contributed by atoms with E-state index in [0.717, 1.165) is 24.8 Å². The zero-order chi connectivity index (χ0) is 19.6. The van der Waals surface area contributed by atoms with Crippen LogP contribution < -0.4 is 4.72 Å². The van der Waals surface area contributed by atoms with Crippen molar-refractivity contribution in [2.24, 2.45) is 0 Å². The number of nitrogens with zero attached hydrogens (tertiary/aromatic N) is 1. The average Bonchev–Trinajstić information content (AvgIpc) is 2.66. The van der Waals surface area contributed by atoms with Gasteiger partial charge in [0.25, 0.3) is 5.91 Å². The molecule has 1 atom stereocenters. The molecule has 0 saturated heterocycles. The van der Waals surface area contributed by atoms with E-state index in [4.69, 9.17) is 0 Å². The van der Waals surface area contributed by atoms with E-state index < -0.39 is 10.0 Å². The summed E-state index contributed by atoms with van der Waals surface area (Å²) in [5.74, 6) is -0.150. The summed E-state index contributed by atoms with van der Waals surface area (Å²) in [5.41, 5.74) is 3.67. The first kappa shape index (κ1) is 19.6. The number of carbonyl (C=O) groups is 1. The molecule has 1 aliphatic rings. The molecule has 5 nitrogen and oxygen atoms in total. The normalized spacial score (nSPS) is 16.6. The predicted molar refractivity (Wildman–Crippen MR) is 106 cm³/mol. The van der Waals surface area contributed by atoms with Gasteiger partial charge < -0.3 is 4.90 Å². The molecule has 2 aromatic carbocycles. The molecule has 2 aromatic rings. The van der Waals surface area contributed by atoms with Gasteiger partial charge in [0.15, 0.2) is 0 Å². The zero-order valence-corrected chi connectivity index (χ0v) is 16.8. The quantitative estimate of drug-likeness (QED) is 0.856. The number of sulfonamides is 1. The smallest absolute Gasteiger partial charge is 0.254 e. The van der Waals surface area contributed by atoms with E-state index in [0.29, 0.717) is 12.1 Å². The Balaban J connectivity index is 1.95. The van der Waals surface area contributed by atoms with E-state index >= 15 is 0 Å². The van der Waals surface area contributed by atoms with E-state index in [1.54, 1.807) is 31.0 Å². The van der Waals surface area contributed by atoms with Crippen LogP contribution in [-0.4, -0.2) is 32.8 Å². The fraction of sp³-hybridized carbons (Fsp3) is 0.381. The summed E-state index contributed by atoms with van der Waals surface area (Å²) < 4.78 is 27.1. The third-order valence-corrected chi connectivity index (χ3v) is 6.75. The standard InChI is InChI=1S/C21H26N2O3S/c1-4-22-27(25,26)17-13-12-15(2)19(14-17)21(24)23(3)20-11-7-9-16-8-5-6-10-18(16)20/h5-6,8,10,12-14,20,22H,4,7,9,11H2,1-3H3. The van der Waals surface area contributed by atoms with E-state index in [1.165, 1.54) is 17.2 Å². The lowest BCUT2D eigenvalue weighted by Crippen LogP contribution is -2.34. The van der Waals surface area contributed by atoms with E-state index in [2.05, 4.69) is 16.9 Å². The molecule has 0 aromatic heterocycles. The Morgan fingerprint density at radius 3 is 2.70 bits per heavy atom. The summed E-state index contributed by atoms with van der Waals surface area (Å²) in [6.45, 7) is 3.86. The molecule has 3 rings (SSSR count). The lowest BCUT2D eigenvalue weighted by atomic mass is 9.86. The van der Waals surface area contributed by atoms with Gasteiger partial charge in [-0.1, -0.05) is 37.3 Å². The van der Waals surface area contributed by atoms with Gasteiger partial charge >= 0.3 is 0 Å². The number of hydrogen-bond donors (Lipinski definition) is 1. The Bertz CT molecular complexity index is 954. The second-order valence-corrected chi connectivity index (χ2v) is 8.77. The molecule has 0 fully saturated rings. The molecule has 144 valence electrons. The third-order valence-electron chi connectivity index (χ3n) is 5.21. The molecular formula is C21H26N2O3S. The number of amides is 1. The van der Waals surface area contributed by atoms with Crippen LogP contribution >= 0.6 is 0 Å². The minimum atomic E-state index is -3.60. The molecule has 6 heteroatoms. The lowest BCUT2D eigenvalue weighted by Gasteiger charge is -2.33. The second kappa shape index (κ2) is 7.82. The van der Waals surface area contributed by atoms with Crippen LogP contribution in [0.1, 0.15) is 52.9 Å². The highest BCUT2D eigenvalue weighted by atomic mass is 32.2. The summed E-state index contributed by atoms with van der Waals surface area (Å²) in [6, 6.07) is 13.0. The van der Waals surface area contributed by atoms with Gasteiger partial charge in [0.05, 0.1) is 10.9 Å². The second-order valence-electron chi connectivity index (χ2n) is 7.00. The molecule has 0 saturated carbocycles. The third kappa shape index (κ3) is 3.92. The molecule has 1 unspecified atom stereocenters. The van der Waals surface area contributed by atoms with Crippen molar-refractivity contribution in [1.82, 2.24) is 9.62 Å². The lowest BCUT2D eigenvalue weighted by molar-refractivity contribution is 0.0714. The van der Waals surface area contributed by atoms with Crippen LogP contribution in [0.25, 0.3) is 0 Å². The summed E-state index contributed by atoms with van der Waals surface area (Å²) in [7, 11) is -1.80. The molecule has 27 heavy (non-hydrogen) atoms. The first-order chi connectivity index (χ1) is 12.8. The number of aryl methyl sites for hydroxylation is 2. The molecule has 1 N–H and O–H groups in total. The summed E-state index contributed by atoms with van der Waals surface area (Å²) >= 11 is 0. The topological polar surface area (TPSA) is 66.5 Å². The van der Waals surface area contributed by atoms with Crippen molar-refractivity contribution in [2.45, 2.75) is 44.0 Å². The van der Waals surface area contributed by atoms with Crippen molar-refractivity contribution in [1.29, 1.82) is 0 Å². The Kier molecular flexibility index (Phi) is 5.67. The van der Waals surface area contributed by atoms with Crippen molar-refractivity contribution in [3.63, 3.8) is 0 Å². The maximum atomic E-state index is 13.2. The Hall–Kier alpha value is -2.18. The Labute approximate surface area is 161 Å². The first-order valence-corrected chi connectivity index (χ1v) is 10.8. The highest BCUT2D eigenvalue weighted by Gasteiger charge is 2.28. The monoisotopic (exact) mass is 386 g/mol. The van der Waals surface area contributed by atoms with Crippen molar-refractivity contribution in [3.8, 4) is 0 Å². The molecule has 0 radical (unpaired) electrons. The summed E-state index contributed by atoms with van der Waals surface area (Å²) in [6.07, 6.45) is 2.98. The van der Waals surface area contributed by atoms with Gasteiger partial charge in [-0.3, -0.25) is 4.79 Å². The van der Waals surface area contributed by atoms with Gasteiger partial charge in [-0.05, 0) is 55.0 Å². The van der Waals surface area contributed by atoms with Crippen molar-refractivity contribution >= 4 is 15.9 Å². The molecule has 0 heterocycles. The van der Waals surface area contributed by atoms with Gasteiger partial charge in [-0.15, -0.1) is 0 Å². The molecule has 1 aliphatic carbocycles. The van der Waals surface area contributed by atoms with Crippen molar-refractivity contribution in [2.75, 3.05) is 13.6 Å². The van der Waals surface area contributed by atoms with Crippen LogP contribution in [0, 0.1) is 6.92 Å². The number of benzene rings is 2. The fourth-order valence-electron chi connectivity index (χ4n) is 3.73. The molecule has 0 bridgehead atoms. The first-order valence-electron chi connectivity index (χ1n) is 9.30. The van der Waals surface area contributed by atoms with E-state index in [9.17, 15) is 13.2 Å². The number of nitrogens with one attached hydrogen (secondary N) is 1.